The molecule has 1 aromatic carbocycles. The highest BCUT2D eigenvalue weighted by molar-refractivity contribution is 7.08. The van der Waals surface area contributed by atoms with Gasteiger partial charge in [-0.25, -0.2) is 0 Å². The number of carbonyl (C=O) groups is 1. The number of anilines is 2. The molecule has 0 atom stereocenters. The average molecular weight is 276 g/mol. The molecule has 0 saturated carbocycles. The van der Waals surface area contributed by atoms with Crippen molar-refractivity contribution in [2.24, 2.45) is 0 Å². The fourth-order valence-electron chi connectivity index (χ4n) is 1.82. The van der Waals surface area contributed by atoms with E-state index in [1.807, 2.05) is 26.0 Å². The largest absolute Gasteiger partial charge is 0.399 e. The van der Waals surface area contributed by atoms with Gasteiger partial charge in [0.05, 0.1) is 5.69 Å². The Bertz CT molecular complexity index is 564. The third-order valence-corrected chi connectivity index (χ3v) is 3.61. The van der Waals surface area contributed by atoms with Gasteiger partial charge < -0.3 is 10.6 Å². The molecule has 2 rings (SSSR count). The Morgan fingerprint density at radius 1 is 1.32 bits per heavy atom. The Kier molecular flexibility index (Phi) is 4.11. The topological polar surface area (TPSA) is 72.1 Å². The SMILES string of the molecule is CCc1nnsc1C(=O)N(CC)c1ccc(N)cc1. The molecule has 0 unspecified atom stereocenters. The third kappa shape index (κ3) is 2.73. The third-order valence-electron chi connectivity index (χ3n) is 2.85. The second kappa shape index (κ2) is 5.79. The van der Waals surface area contributed by atoms with Gasteiger partial charge in [-0.3, -0.25) is 4.79 Å². The number of nitrogen functional groups attached to an aromatic ring is 1. The minimum absolute atomic E-state index is 0.0564. The summed E-state index contributed by atoms with van der Waals surface area (Å²) < 4.78 is 3.86. The van der Waals surface area contributed by atoms with Crippen molar-refractivity contribution in [1.82, 2.24) is 9.59 Å². The lowest BCUT2D eigenvalue weighted by Crippen LogP contribution is -2.30. The van der Waals surface area contributed by atoms with Crippen LogP contribution in [0.1, 0.15) is 29.2 Å². The first-order chi connectivity index (χ1) is 9.17. The Labute approximate surface area is 116 Å². The Balaban J connectivity index is 2.32. The van der Waals surface area contributed by atoms with Gasteiger partial charge in [-0.1, -0.05) is 11.4 Å². The van der Waals surface area contributed by atoms with Crippen LogP contribution in [0.15, 0.2) is 24.3 Å². The summed E-state index contributed by atoms with van der Waals surface area (Å²) in [4.78, 5) is 14.8. The van der Waals surface area contributed by atoms with E-state index in [0.29, 0.717) is 23.5 Å². The summed E-state index contributed by atoms with van der Waals surface area (Å²) in [6.45, 7) is 4.49. The number of carbonyl (C=O) groups excluding carboxylic acids is 1. The Morgan fingerprint density at radius 2 is 2.00 bits per heavy atom. The quantitative estimate of drug-likeness (QED) is 0.870. The van der Waals surface area contributed by atoms with Crippen molar-refractivity contribution < 1.29 is 4.79 Å². The van der Waals surface area contributed by atoms with Gasteiger partial charge in [0.25, 0.3) is 5.91 Å². The summed E-state index contributed by atoms with van der Waals surface area (Å²) in [6, 6.07) is 7.27. The molecule has 0 bridgehead atoms. The van der Waals surface area contributed by atoms with E-state index in [-0.39, 0.29) is 5.91 Å². The summed E-state index contributed by atoms with van der Waals surface area (Å²) in [5.41, 5.74) is 7.93. The molecule has 0 aliphatic heterocycles. The van der Waals surface area contributed by atoms with Crippen LogP contribution in [-0.2, 0) is 6.42 Å². The molecular weight excluding hydrogens is 260 g/mol. The van der Waals surface area contributed by atoms with Crippen molar-refractivity contribution in [3.8, 4) is 0 Å². The fraction of sp³-hybridized carbons (Fsp3) is 0.308. The fourth-order valence-corrected chi connectivity index (χ4v) is 2.52. The van der Waals surface area contributed by atoms with Crippen molar-refractivity contribution >= 4 is 28.8 Å². The summed E-state index contributed by atoms with van der Waals surface area (Å²) in [5.74, 6) is -0.0564. The number of benzene rings is 1. The van der Waals surface area contributed by atoms with Crippen LogP contribution in [0.3, 0.4) is 0 Å². The minimum atomic E-state index is -0.0564. The van der Waals surface area contributed by atoms with Crippen molar-refractivity contribution in [2.45, 2.75) is 20.3 Å². The van der Waals surface area contributed by atoms with Gasteiger partial charge in [-0.05, 0) is 49.1 Å². The number of aryl methyl sites for hydroxylation is 1. The van der Waals surface area contributed by atoms with Crippen molar-refractivity contribution in [3.05, 3.63) is 34.8 Å². The smallest absolute Gasteiger partial charge is 0.271 e. The number of aromatic nitrogens is 2. The predicted octanol–water partition coefficient (Wildman–Crippen LogP) is 2.35. The molecule has 0 radical (unpaired) electrons. The van der Waals surface area contributed by atoms with Gasteiger partial charge in [-0.2, -0.15) is 0 Å². The maximum Gasteiger partial charge on any atom is 0.271 e. The van der Waals surface area contributed by atoms with Gasteiger partial charge >= 0.3 is 0 Å². The number of nitrogens with zero attached hydrogens (tertiary/aromatic N) is 3. The van der Waals surface area contributed by atoms with Crippen LogP contribution >= 0.6 is 11.5 Å². The summed E-state index contributed by atoms with van der Waals surface area (Å²) >= 11 is 1.15. The van der Waals surface area contributed by atoms with Crippen LogP contribution in [-0.4, -0.2) is 22.0 Å². The minimum Gasteiger partial charge on any atom is -0.399 e. The van der Waals surface area contributed by atoms with E-state index in [4.69, 9.17) is 5.73 Å². The molecule has 5 nitrogen and oxygen atoms in total. The molecule has 1 aromatic heterocycles. The Morgan fingerprint density at radius 3 is 2.58 bits per heavy atom. The maximum absolute atomic E-state index is 12.5. The van der Waals surface area contributed by atoms with Crippen molar-refractivity contribution in [2.75, 3.05) is 17.2 Å². The molecule has 1 heterocycles. The molecule has 0 spiro atoms. The molecule has 0 aliphatic carbocycles. The van der Waals surface area contributed by atoms with Crippen molar-refractivity contribution in [1.29, 1.82) is 0 Å². The molecule has 19 heavy (non-hydrogen) atoms. The zero-order chi connectivity index (χ0) is 13.8. The molecule has 0 aliphatic rings. The van der Waals surface area contributed by atoms with E-state index in [0.717, 1.165) is 22.9 Å². The second-order valence-electron chi connectivity index (χ2n) is 4.04. The standard InChI is InChI=1S/C13H16N4OS/c1-3-11-12(19-16-15-11)13(18)17(4-2)10-7-5-9(14)6-8-10/h5-8H,3-4,14H2,1-2H3. The number of hydrogen-bond donors (Lipinski definition) is 1. The van der Waals surface area contributed by atoms with Crippen LogP contribution in [0.4, 0.5) is 11.4 Å². The van der Waals surface area contributed by atoms with E-state index in [1.165, 1.54) is 0 Å². The van der Waals surface area contributed by atoms with Gasteiger partial charge in [0.1, 0.15) is 4.88 Å². The van der Waals surface area contributed by atoms with Gasteiger partial charge in [0.15, 0.2) is 0 Å². The second-order valence-corrected chi connectivity index (χ2v) is 4.80. The lowest BCUT2D eigenvalue weighted by molar-refractivity contribution is 0.0991. The van der Waals surface area contributed by atoms with E-state index in [2.05, 4.69) is 9.59 Å². The highest BCUT2D eigenvalue weighted by Crippen LogP contribution is 2.21. The number of nitrogens with two attached hydrogens (primary N) is 1. The highest BCUT2D eigenvalue weighted by Gasteiger charge is 2.21. The first kappa shape index (κ1) is 13.5. The molecular formula is C13H16N4OS. The molecule has 0 saturated heterocycles. The monoisotopic (exact) mass is 276 g/mol. The highest BCUT2D eigenvalue weighted by atomic mass is 32.1. The van der Waals surface area contributed by atoms with Gasteiger partial charge in [0.2, 0.25) is 0 Å². The van der Waals surface area contributed by atoms with Gasteiger partial charge in [0, 0.05) is 17.9 Å². The lowest BCUT2D eigenvalue weighted by Gasteiger charge is -2.20. The zero-order valence-electron chi connectivity index (χ0n) is 11.0. The Hall–Kier alpha value is -1.95. The molecule has 1 amide bonds. The number of amides is 1. The first-order valence-corrected chi connectivity index (χ1v) is 6.93. The van der Waals surface area contributed by atoms with E-state index >= 15 is 0 Å². The molecule has 6 heteroatoms. The van der Waals surface area contributed by atoms with E-state index in [1.54, 1.807) is 17.0 Å². The van der Waals surface area contributed by atoms with Crippen LogP contribution in [0.2, 0.25) is 0 Å². The maximum atomic E-state index is 12.5. The molecule has 2 aromatic rings. The summed E-state index contributed by atoms with van der Waals surface area (Å²) in [6.07, 6.45) is 0.705. The van der Waals surface area contributed by atoms with E-state index < -0.39 is 0 Å². The van der Waals surface area contributed by atoms with Gasteiger partial charge in [-0.15, -0.1) is 5.10 Å². The lowest BCUT2D eigenvalue weighted by atomic mass is 10.2. The molecule has 2 N–H and O–H groups in total. The van der Waals surface area contributed by atoms with Crippen LogP contribution < -0.4 is 10.6 Å². The normalized spacial score (nSPS) is 10.4. The summed E-state index contributed by atoms with van der Waals surface area (Å²) in [5, 5.41) is 3.98. The zero-order valence-corrected chi connectivity index (χ0v) is 11.8. The van der Waals surface area contributed by atoms with Crippen LogP contribution in [0.5, 0.6) is 0 Å². The summed E-state index contributed by atoms with van der Waals surface area (Å²) in [7, 11) is 0. The predicted molar refractivity (Wildman–Crippen MR) is 77.5 cm³/mol. The number of hydrogen-bond acceptors (Lipinski definition) is 5. The van der Waals surface area contributed by atoms with Crippen molar-refractivity contribution in [3.63, 3.8) is 0 Å². The average Bonchev–Trinajstić information content (AvgIpc) is 2.90. The molecule has 0 fully saturated rings. The number of rotatable bonds is 4. The van der Waals surface area contributed by atoms with Crippen LogP contribution in [0, 0.1) is 0 Å². The van der Waals surface area contributed by atoms with Crippen LogP contribution in [0.25, 0.3) is 0 Å². The molecule has 100 valence electrons. The van der Waals surface area contributed by atoms with E-state index in [9.17, 15) is 4.79 Å². The first-order valence-electron chi connectivity index (χ1n) is 6.16.